The van der Waals surface area contributed by atoms with Crippen LogP contribution in [-0.4, -0.2) is 52.9 Å². The topological polar surface area (TPSA) is 87.3 Å². The number of rotatable bonds is 4. The number of pyridine rings is 1. The van der Waals surface area contributed by atoms with Gasteiger partial charge in [-0.2, -0.15) is 0 Å². The summed E-state index contributed by atoms with van der Waals surface area (Å²) in [5.41, 5.74) is 0.0624. The summed E-state index contributed by atoms with van der Waals surface area (Å²) < 4.78 is 5.83. The predicted octanol–water partition coefficient (Wildman–Crippen LogP) is 1.07. The van der Waals surface area contributed by atoms with E-state index in [1.165, 1.54) is 0 Å². The van der Waals surface area contributed by atoms with Crippen LogP contribution in [0, 0.1) is 11.3 Å². The number of likely N-dealkylation sites (tertiary alicyclic amines) is 1. The second-order valence-electron chi connectivity index (χ2n) is 6.64. The van der Waals surface area contributed by atoms with E-state index in [1.807, 2.05) is 12.1 Å². The maximum atomic E-state index is 12.6. The van der Waals surface area contributed by atoms with Gasteiger partial charge in [-0.15, -0.1) is 0 Å². The zero-order valence-corrected chi connectivity index (χ0v) is 13.8. The van der Waals surface area contributed by atoms with Crippen molar-refractivity contribution in [3.05, 3.63) is 48.5 Å². The summed E-state index contributed by atoms with van der Waals surface area (Å²) in [6.07, 6.45) is 7.43. The van der Waals surface area contributed by atoms with Gasteiger partial charge in [-0.25, -0.2) is 0 Å². The van der Waals surface area contributed by atoms with Crippen molar-refractivity contribution in [1.82, 2.24) is 20.2 Å². The maximum absolute atomic E-state index is 12.6. The molecular weight excluding hydrogens is 320 g/mol. The van der Waals surface area contributed by atoms with Gasteiger partial charge in [0.25, 0.3) is 5.91 Å². The Labute approximate surface area is 145 Å². The average molecular weight is 340 g/mol. The summed E-state index contributed by atoms with van der Waals surface area (Å²) in [6.45, 7) is 2.02. The molecule has 130 valence electrons. The van der Waals surface area contributed by atoms with E-state index in [1.54, 1.807) is 35.8 Å². The van der Waals surface area contributed by atoms with Gasteiger partial charge in [0.2, 0.25) is 5.91 Å². The number of carbonyl (C=O) groups is 2. The van der Waals surface area contributed by atoms with Gasteiger partial charge in [0.15, 0.2) is 0 Å². The molecule has 2 fully saturated rings. The van der Waals surface area contributed by atoms with Crippen molar-refractivity contribution in [2.75, 3.05) is 26.2 Å². The number of aromatic nitrogens is 2. The highest BCUT2D eigenvalue weighted by Crippen LogP contribution is 2.42. The third-order valence-electron chi connectivity index (χ3n) is 5.26. The first-order chi connectivity index (χ1) is 12.2. The fourth-order valence-electron chi connectivity index (χ4n) is 3.78. The molecule has 0 aromatic carbocycles. The fourth-order valence-corrected chi connectivity index (χ4v) is 3.78. The molecule has 2 aliphatic heterocycles. The Morgan fingerprint density at radius 2 is 2.36 bits per heavy atom. The van der Waals surface area contributed by atoms with E-state index in [-0.39, 0.29) is 17.7 Å². The smallest absolute Gasteiger partial charge is 0.255 e. The minimum atomic E-state index is -0.561. The van der Waals surface area contributed by atoms with E-state index in [0.717, 1.165) is 0 Å². The van der Waals surface area contributed by atoms with Crippen LogP contribution in [0.15, 0.2) is 43.0 Å². The number of aromatic amines is 1. The van der Waals surface area contributed by atoms with Crippen LogP contribution < -0.4 is 10.1 Å². The number of H-pyrrole nitrogens is 1. The van der Waals surface area contributed by atoms with Crippen molar-refractivity contribution in [3.8, 4) is 5.75 Å². The standard InChI is InChI=1S/C18H20N4O3/c23-16(13-3-6-20-8-13)22-7-4-18(12-22)14(9-21-17(18)24)11-25-15-2-1-5-19-10-15/h1-3,5-6,8,10,14,20H,4,7,9,11-12H2,(H,21,24)/t14-,18+/m0/s1. The molecule has 2 atom stereocenters. The van der Waals surface area contributed by atoms with Gasteiger partial charge in [0.05, 0.1) is 23.8 Å². The van der Waals surface area contributed by atoms with Gasteiger partial charge in [-0.05, 0) is 24.6 Å². The Hall–Kier alpha value is -2.83. The molecular formula is C18H20N4O3. The van der Waals surface area contributed by atoms with E-state index >= 15 is 0 Å². The number of nitrogens with zero attached hydrogens (tertiary/aromatic N) is 2. The van der Waals surface area contributed by atoms with Gasteiger partial charge in [-0.3, -0.25) is 14.6 Å². The molecule has 0 bridgehead atoms. The van der Waals surface area contributed by atoms with Crippen molar-refractivity contribution >= 4 is 11.8 Å². The molecule has 0 aliphatic carbocycles. The third kappa shape index (κ3) is 2.75. The highest BCUT2D eigenvalue weighted by molar-refractivity contribution is 5.95. The summed E-state index contributed by atoms with van der Waals surface area (Å²) >= 11 is 0. The van der Waals surface area contributed by atoms with Crippen LogP contribution in [0.5, 0.6) is 5.75 Å². The second-order valence-corrected chi connectivity index (χ2v) is 6.64. The summed E-state index contributed by atoms with van der Waals surface area (Å²) in [5, 5.41) is 2.95. The Balaban J connectivity index is 1.47. The number of hydrogen-bond donors (Lipinski definition) is 2. The van der Waals surface area contributed by atoms with Gasteiger partial charge >= 0.3 is 0 Å². The van der Waals surface area contributed by atoms with Crippen LogP contribution in [-0.2, 0) is 4.79 Å². The molecule has 0 unspecified atom stereocenters. The van der Waals surface area contributed by atoms with Crippen LogP contribution in [0.4, 0.5) is 0 Å². The van der Waals surface area contributed by atoms with Crippen LogP contribution in [0.3, 0.4) is 0 Å². The second kappa shape index (κ2) is 6.23. The Morgan fingerprint density at radius 1 is 1.44 bits per heavy atom. The van der Waals surface area contributed by atoms with E-state index in [2.05, 4.69) is 15.3 Å². The summed E-state index contributed by atoms with van der Waals surface area (Å²) in [5.74, 6) is 0.709. The maximum Gasteiger partial charge on any atom is 0.255 e. The summed E-state index contributed by atoms with van der Waals surface area (Å²) in [4.78, 5) is 33.8. The first kappa shape index (κ1) is 15.7. The van der Waals surface area contributed by atoms with Crippen molar-refractivity contribution in [1.29, 1.82) is 0 Å². The van der Waals surface area contributed by atoms with E-state index < -0.39 is 5.41 Å². The highest BCUT2D eigenvalue weighted by atomic mass is 16.5. The van der Waals surface area contributed by atoms with E-state index in [4.69, 9.17) is 4.74 Å². The molecule has 1 spiro atoms. The number of carbonyl (C=O) groups excluding carboxylic acids is 2. The lowest BCUT2D eigenvalue weighted by Gasteiger charge is -2.28. The third-order valence-corrected chi connectivity index (χ3v) is 5.26. The molecule has 4 heterocycles. The molecule has 0 radical (unpaired) electrons. The molecule has 4 rings (SSSR count). The number of hydrogen-bond acceptors (Lipinski definition) is 4. The monoisotopic (exact) mass is 340 g/mol. The lowest BCUT2D eigenvalue weighted by Crippen LogP contribution is -2.41. The molecule has 2 amide bonds. The largest absolute Gasteiger partial charge is 0.492 e. The molecule has 2 saturated heterocycles. The lowest BCUT2D eigenvalue weighted by molar-refractivity contribution is -0.128. The fraction of sp³-hybridized carbons (Fsp3) is 0.389. The van der Waals surface area contributed by atoms with Crippen LogP contribution >= 0.6 is 0 Å². The normalized spacial score (nSPS) is 25.4. The highest BCUT2D eigenvalue weighted by Gasteiger charge is 2.55. The molecule has 2 aromatic heterocycles. The molecule has 2 aliphatic rings. The van der Waals surface area contributed by atoms with Crippen molar-refractivity contribution in [2.45, 2.75) is 6.42 Å². The average Bonchev–Trinajstić information content (AvgIpc) is 3.37. The Kier molecular flexibility index (Phi) is 3.91. The Morgan fingerprint density at radius 3 is 3.12 bits per heavy atom. The van der Waals surface area contributed by atoms with Crippen molar-refractivity contribution in [2.24, 2.45) is 11.3 Å². The van der Waals surface area contributed by atoms with Gasteiger partial charge in [0, 0.05) is 44.1 Å². The summed E-state index contributed by atoms with van der Waals surface area (Å²) in [6, 6.07) is 5.42. The summed E-state index contributed by atoms with van der Waals surface area (Å²) in [7, 11) is 0. The van der Waals surface area contributed by atoms with Crippen LogP contribution in [0.2, 0.25) is 0 Å². The van der Waals surface area contributed by atoms with Crippen molar-refractivity contribution < 1.29 is 14.3 Å². The predicted molar refractivity (Wildman–Crippen MR) is 90.0 cm³/mol. The minimum absolute atomic E-state index is 0.0247. The van der Waals surface area contributed by atoms with Gasteiger partial charge < -0.3 is 19.9 Å². The number of ether oxygens (including phenoxy) is 1. The van der Waals surface area contributed by atoms with Gasteiger partial charge in [0.1, 0.15) is 5.75 Å². The number of amides is 2. The minimum Gasteiger partial charge on any atom is -0.492 e. The van der Waals surface area contributed by atoms with E-state index in [0.29, 0.717) is 44.0 Å². The first-order valence-electron chi connectivity index (χ1n) is 8.42. The zero-order chi connectivity index (χ0) is 17.3. The Bertz CT molecular complexity index is 762. The SMILES string of the molecule is O=C(c1cc[nH]c1)N1CC[C@]2(C1)C(=O)NC[C@H]2COc1cccnc1. The quantitative estimate of drug-likeness (QED) is 0.871. The molecule has 25 heavy (non-hydrogen) atoms. The molecule has 2 N–H and O–H groups in total. The molecule has 0 saturated carbocycles. The molecule has 7 heteroatoms. The lowest BCUT2D eigenvalue weighted by atomic mass is 9.77. The molecule has 2 aromatic rings. The number of nitrogens with one attached hydrogen (secondary N) is 2. The van der Waals surface area contributed by atoms with E-state index in [9.17, 15) is 9.59 Å². The first-order valence-corrected chi connectivity index (χ1v) is 8.42. The zero-order valence-electron chi connectivity index (χ0n) is 13.8. The molecule has 7 nitrogen and oxygen atoms in total. The van der Waals surface area contributed by atoms with Crippen LogP contribution in [0.25, 0.3) is 0 Å². The van der Waals surface area contributed by atoms with Crippen molar-refractivity contribution in [3.63, 3.8) is 0 Å². The van der Waals surface area contributed by atoms with Crippen LogP contribution in [0.1, 0.15) is 16.8 Å². The van der Waals surface area contributed by atoms with Gasteiger partial charge in [-0.1, -0.05) is 0 Å².